The molecule has 0 radical (unpaired) electrons. The summed E-state index contributed by atoms with van der Waals surface area (Å²) in [7, 11) is 0. The van der Waals surface area contributed by atoms with Gasteiger partial charge in [0.15, 0.2) is 0 Å². The van der Waals surface area contributed by atoms with E-state index in [2.05, 4.69) is 16.7 Å². The Morgan fingerprint density at radius 3 is 1.78 bits per heavy atom. The van der Waals surface area contributed by atoms with Crippen molar-refractivity contribution in [3.8, 4) is 0 Å². The summed E-state index contributed by atoms with van der Waals surface area (Å²) in [5, 5.41) is 1.90. The molecular weight excluding hydrogens is 567 g/mol. The molecule has 0 amide bonds. The second-order valence-corrected chi connectivity index (χ2v) is 20.0. The molecule has 7 aliphatic carbocycles. The zero-order valence-corrected chi connectivity index (χ0v) is 29.8. The summed E-state index contributed by atoms with van der Waals surface area (Å²) in [6, 6.07) is 2.45. The van der Waals surface area contributed by atoms with E-state index in [0.29, 0.717) is 12.2 Å². The van der Waals surface area contributed by atoms with E-state index in [1.54, 1.807) is 44.9 Å². The van der Waals surface area contributed by atoms with E-state index in [-0.39, 0.29) is 0 Å². The summed E-state index contributed by atoms with van der Waals surface area (Å²) < 4.78 is 7.75. The molecule has 7 saturated carbocycles. The van der Waals surface area contributed by atoms with Gasteiger partial charge in [0.2, 0.25) is 0 Å². The number of hydrogen-bond donors (Lipinski definition) is 0. The van der Waals surface area contributed by atoms with Gasteiger partial charge in [-0.15, -0.1) is 0 Å². The normalized spacial score (nSPS) is 49.7. The fourth-order valence-electron chi connectivity index (χ4n) is 14.7. The van der Waals surface area contributed by atoms with Gasteiger partial charge in [0.1, 0.15) is 0 Å². The van der Waals surface area contributed by atoms with Crippen molar-refractivity contribution in [1.82, 2.24) is 4.90 Å². The molecule has 2 saturated heterocycles. The molecule has 0 N–H and O–H groups in total. The molecule has 0 aromatic rings. The Balaban J connectivity index is 0.994. The van der Waals surface area contributed by atoms with Crippen molar-refractivity contribution in [3.63, 3.8) is 0 Å². The highest BCUT2D eigenvalue weighted by molar-refractivity contribution is 8.00. The molecular formula is C42H69NOS. The summed E-state index contributed by atoms with van der Waals surface area (Å²) in [6.07, 6.45) is 42.1. The summed E-state index contributed by atoms with van der Waals surface area (Å²) in [4.78, 5) is 3.38. The highest BCUT2D eigenvalue weighted by Crippen LogP contribution is 2.61. The number of hydrogen-bond acceptors (Lipinski definition) is 3. The van der Waals surface area contributed by atoms with Gasteiger partial charge < -0.3 is 4.74 Å². The van der Waals surface area contributed by atoms with Crippen LogP contribution in [-0.4, -0.2) is 45.7 Å². The summed E-state index contributed by atoms with van der Waals surface area (Å²) in [6.45, 7) is 0. The molecule has 2 nitrogen and oxygen atoms in total. The van der Waals surface area contributed by atoms with Crippen LogP contribution in [0.25, 0.3) is 0 Å². The van der Waals surface area contributed by atoms with E-state index >= 15 is 0 Å². The lowest BCUT2D eigenvalue weighted by Gasteiger charge is -2.54. The standard InChI is InChI=1S/C42H69NOS/c1-3-12-28(13-4-1)29-22-24-31(25-23-29)43(36-19-9-7-16-32(36)30-14-5-2-6-15-30)37-20-11-18-33-34-26-27-39-40(42(34)44-41(33)37)35-17-8-10-21-38(35)45-39/h28-42H,1-27H2. The molecule has 3 heteroatoms. The monoisotopic (exact) mass is 636 g/mol. The lowest BCUT2D eigenvalue weighted by Crippen LogP contribution is -2.60. The van der Waals surface area contributed by atoms with E-state index in [0.717, 1.165) is 76.0 Å². The van der Waals surface area contributed by atoms with Gasteiger partial charge in [0.25, 0.3) is 0 Å². The van der Waals surface area contributed by atoms with Crippen LogP contribution < -0.4 is 0 Å². The topological polar surface area (TPSA) is 12.5 Å². The molecule has 45 heavy (non-hydrogen) atoms. The van der Waals surface area contributed by atoms with Crippen molar-refractivity contribution < 1.29 is 4.74 Å². The number of thioether (sulfide) groups is 1. The van der Waals surface area contributed by atoms with Crippen LogP contribution in [0.15, 0.2) is 0 Å². The van der Waals surface area contributed by atoms with Crippen LogP contribution in [0.2, 0.25) is 0 Å². The van der Waals surface area contributed by atoms with Gasteiger partial charge in [-0.2, -0.15) is 11.8 Å². The van der Waals surface area contributed by atoms with Gasteiger partial charge in [0, 0.05) is 34.5 Å². The van der Waals surface area contributed by atoms with E-state index < -0.39 is 0 Å². The molecule has 11 atom stereocenters. The Hall–Kier alpha value is 0.270. The second kappa shape index (κ2) is 13.9. The van der Waals surface area contributed by atoms with Crippen LogP contribution in [0.3, 0.4) is 0 Å². The van der Waals surface area contributed by atoms with Gasteiger partial charge in [-0.25, -0.2) is 0 Å². The molecule has 0 spiro atoms. The van der Waals surface area contributed by atoms with Crippen LogP contribution in [-0.2, 0) is 4.74 Å². The van der Waals surface area contributed by atoms with Crippen molar-refractivity contribution in [2.45, 2.75) is 214 Å². The maximum absolute atomic E-state index is 7.75. The van der Waals surface area contributed by atoms with Gasteiger partial charge in [0.05, 0.1) is 12.2 Å². The first kappa shape index (κ1) is 31.3. The highest BCUT2D eigenvalue weighted by Gasteiger charge is 2.60. The van der Waals surface area contributed by atoms with Crippen molar-refractivity contribution in [2.24, 2.45) is 47.3 Å². The molecule has 9 aliphatic rings. The van der Waals surface area contributed by atoms with E-state index in [9.17, 15) is 0 Å². The minimum Gasteiger partial charge on any atom is -0.372 e. The Kier molecular flexibility index (Phi) is 9.65. The van der Waals surface area contributed by atoms with Crippen LogP contribution >= 0.6 is 11.8 Å². The fourth-order valence-corrected chi connectivity index (χ4v) is 16.8. The first-order valence-corrected chi connectivity index (χ1v) is 22.4. The molecule has 2 heterocycles. The average Bonchev–Trinajstić information content (AvgIpc) is 3.69. The minimum absolute atomic E-state index is 0.560. The third kappa shape index (κ3) is 5.95. The predicted octanol–water partition coefficient (Wildman–Crippen LogP) is 11.2. The molecule has 2 aliphatic heterocycles. The maximum atomic E-state index is 7.75. The van der Waals surface area contributed by atoms with Crippen LogP contribution in [0.1, 0.15) is 173 Å². The quantitative estimate of drug-likeness (QED) is 0.298. The van der Waals surface area contributed by atoms with Crippen molar-refractivity contribution >= 4 is 11.8 Å². The summed E-state index contributed by atoms with van der Waals surface area (Å²) in [5.41, 5.74) is 0. The summed E-state index contributed by atoms with van der Waals surface area (Å²) >= 11 is 2.45. The zero-order chi connectivity index (χ0) is 29.7. The van der Waals surface area contributed by atoms with Crippen molar-refractivity contribution in [3.05, 3.63) is 0 Å². The van der Waals surface area contributed by atoms with Gasteiger partial charge in [-0.1, -0.05) is 96.3 Å². The molecule has 11 unspecified atom stereocenters. The summed E-state index contributed by atoms with van der Waals surface area (Å²) in [5.74, 6) is 7.78. The molecule has 0 aromatic carbocycles. The highest BCUT2D eigenvalue weighted by atomic mass is 32.2. The SMILES string of the molecule is C1CCC(C2CCC(N(C3CCCCC3C3CCCCC3)C3CCCC4C5CCC6SC7CCCCC7C6C5OC43)CC2)CC1. The Morgan fingerprint density at radius 1 is 0.378 bits per heavy atom. The molecule has 0 aromatic heterocycles. The largest absolute Gasteiger partial charge is 0.372 e. The van der Waals surface area contributed by atoms with Crippen LogP contribution in [0, 0.1) is 47.3 Å². The van der Waals surface area contributed by atoms with Gasteiger partial charge in [-0.05, 0) is 118 Å². The molecule has 0 bridgehead atoms. The van der Waals surface area contributed by atoms with Crippen molar-refractivity contribution in [1.29, 1.82) is 0 Å². The molecule has 9 fully saturated rings. The van der Waals surface area contributed by atoms with Gasteiger partial charge in [-0.3, -0.25) is 4.90 Å². The number of nitrogens with zero attached hydrogens (tertiary/aromatic N) is 1. The van der Waals surface area contributed by atoms with E-state index in [4.69, 9.17) is 4.74 Å². The third-order valence-corrected chi connectivity index (χ3v) is 18.4. The van der Waals surface area contributed by atoms with E-state index in [1.165, 1.54) is 128 Å². The molecule has 9 rings (SSSR count). The average molecular weight is 636 g/mol. The van der Waals surface area contributed by atoms with E-state index in [1.807, 2.05) is 0 Å². The Bertz CT molecular complexity index is 966. The lowest BCUT2D eigenvalue weighted by molar-refractivity contribution is -0.108. The zero-order valence-electron chi connectivity index (χ0n) is 29.0. The van der Waals surface area contributed by atoms with Gasteiger partial charge >= 0.3 is 0 Å². The first-order chi connectivity index (χ1) is 22.3. The smallest absolute Gasteiger partial charge is 0.0766 e. The first-order valence-electron chi connectivity index (χ1n) is 21.4. The number of rotatable bonds is 5. The van der Waals surface area contributed by atoms with Crippen LogP contribution in [0.5, 0.6) is 0 Å². The minimum atomic E-state index is 0.560. The van der Waals surface area contributed by atoms with Crippen LogP contribution in [0.4, 0.5) is 0 Å². The maximum Gasteiger partial charge on any atom is 0.0766 e. The Morgan fingerprint density at radius 2 is 0.978 bits per heavy atom. The molecule has 254 valence electrons. The lowest BCUT2D eigenvalue weighted by atomic mass is 9.64. The Labute approximate surface area is 282 Å². The number of ether oxygens (including phenoxy) is 1. The number of fused-ring (bicyclic) bond motifs is 7. The predicted molar refractivity (Wildman–Crippen MR) is 190 cm³/mol. The third-order valence-electron chi connectivity index (χ3n) is 16.6. The fraction of sp³-hybridized carbons (Fsp3) is 1.00. The van der Waals surface area contributed by atoms with Crippen molar-refractivity contribution in [2.75, 3.05) is 0 Å². The second-order valence-electron chi connectivity index (χ2n) is 18.5.